The molecule has 0 unspecified atom stereocenters. The van der Waals surface area contributed by atoms with Crippen LogP contribution in [0, 0.1) is 0 Å². The minimum Gasteiger partial charge on any atom is -0.457 e. The summed E-state index contributed by atoms with van der Waals surface area (Å²) in [6.07, 6.45) is 3.05. The predicted molar refractivity (Wildman–Crippen MR) is 94.2 cm³/mol. The molecule has 0 aliphatic heterocycles. The summed E-state index contributed by atoms with van der Waals surface area (Å²) >= 11 is 0. The zero-order valence-electron chi connectivity index (χ0n) is 13.4. The lowest BCUT2D eigenvalue weighted by molar-refractivity contribution is 0.0472. The van der Waals surface area contributed by atoms with E-state index in [1.807, 2.05) is 30.3 Å². The molecule has 0 fully saturated rings. The Morgan fingerprint density at radius 2 is 1.64 bits per heavy atom. The first-order valence-corrected chi connectivity index (χ1v) is 7.75. The number of para-hydroxylation sites is 1. The Balaban J connectivity index is 1.57. The summed E-state index contributed by atoms with van der Waals surface area (Å²) in [7, 11) is 0. The highest BCUT2D eigenvalue weighted by molar-refractivity contribution is 6.04. The molecule has 25 heavy (non-hydrogen) atoms. The number of amides is 1. The zero-order chi connectivity index (χ0) is 17.5. The summed E-state index contributed by atoms with van der Waals surface area (Å²) in [5, 5.41) is 2.82. The van der Waals surface area contributed by atoms with Crippen molar-refractivity contribution in [1.82, 2.24) is 4.98 Å². The lowest BCUT2D eigenvalue weighted by atomic mass is 10.1. The summed E-state index contributed by atoms with van der Waals surface area (Å²) in [5.74, 6) is -0.621. The largest absolute Gasteiger partial charge is 0.457 e. The first-order valence-electron chi connectivity index (χ1n) is 7.75. The lowest BCUT2D eigenvalue weighted by Crippen LogP contribution is -2.12. The third-order valence-corrected chi connectivity index (χ3v) is 3.51. The van der Waals surface area contributed by atoms with Crippen LogP contribution in [0.3, 0.4) is 0 Å². The van der Waals surface area contributed by atoms with Gasteiger partial charge >= 0.3 is 5.97 Å². The van der Waals surface area contributed by atoms with Crippen LogP contribution in [0.15, 0.2) is 79.1 Å². The van der Waals surface area contributed by atoms with Crippen LogP contribution in [0.25, 0.3) is 0 Å². The van der Waals surface area contributed by atoms with Crippen LogP contribution >= 0.6 is 0 Å². The summed E-state index contributed by atoms with van der Waals surface area (Å²) < 4.78 is 5.23. The Kier molecular flexibility index (Phi) is 5.16. The first kappa shape index (κ1) is 16.4. The molecule has 0 saturated heterocycles. The summed E-state index contributed by atoms with van der Waals surface area (Å²) in [6, 6.07) is 19.5. The maximum Gasteiger partial charge on any atom is 0.340 e. The molecule has 3 aromatic rings. The van der Waals surface area contributed by atoms with Crippen LogP contribution in [0.2, 0.25) is 0 Å². The number of nitrogens with zero attached hydrogens (tertiary/aromatic N) is 1. The molecule has 0 spiro atoms. The number of anilines is 1. The van der Waals surface area contributed by atoms with Crippen molar-refractivity contribution in [2.45, 2.75) is 6.61 Å². The molecule has 5 heteroatoms. The number of pyridine rings is 1. The quantitative estimate of drug-likeness (QED) is 0.724. The first-order chi connectivity index (χ1) is 12.2. The van der Waals surface area contributed by atoms with Gasteiger partial charge in [-0.2, -0.15) is 0 Å². The predicted octanol–water partition coefficient (Wildman–Crippen LogP) is 3.69. The fraction of sp³-hybridized carbons (Fsp3) is 0.0500. The lowest BCUT2D eigenvalue weighted by Gasteiger charge is -2.07. The maximum atomic E-state index is 12.2. The summed E-state index contributed by atoms with van der Waals surface area (Å²) in [5.41, 5.74) is 2.48. The third-order valence-electron chi connectivity index (χ3n) is 3.51. The van der Waals surface area contributed by atoms with Crippen LogP contribution in [-0.2, 0) is 11.3 Å². The van der Waals surface area contributed by atoms with Gasteiger partial charge in [0.05, 0.1) is 5.56 Å². The Labute approximate surface area is 145 Å². The molecule has 1 aromatic heterocycles. The highest BCUT2D eigenvalue weighted by Crippen LogP contribution is 2.11. The van der Waals surface area contributed by atoms with E-state index in [0.29, 0.717) is 11.1 Å². The molecule has 2 aromatic carbocycles. The zero-order valence-corrected chi connectivity index (χ0v) is 13.4. The second kappa shape index (κ2) is 7.88. The smallest absolute Gasteiger partial charge is 0.340 e. The maximum absolute atomic E-state index is 12.2. The molecule has 3 rings (SSSR count). The van der Waals surface area contributed by atoms with E-state index in [0.717, 1.165) is 11.3 Å². The Hall–Kier alpha value is -3.47. The molecule has 0 aliphatic rings. The van der Waals surface area contributed by atoms with Crippen molar-refractivity contribution in [3.63, 3.8) is 0 Å². The number of carbonyl (C=O) groups excluding carboxylic acids is 2. The number of hydrogen-bond donors (Lipinski definition) is 1. The Morgan fingerprint density at radius 3 is 2.32 bits per heavy atom. The second-order valence-corrected chi connectivity index (χ2v) is 5.33. The molecule has 5 nitrogen and oxygen atoms in total. The SMILES string of the molecule is O=C(Nc1ccccc1)c1ccc(COC(=O)c2cccnc2)cc1. The number of hydrogen-bond acceptors (Lipinski definition) is 4. The molecule has 0 bridgehead atoms. The minimum atomic E-state index is -0.431. The molecule has 1 heterocycles. The normalized spacial score (nSPS) is 10.1. The van der Waals surface area contributed by atoms with E-state index in [-0.39, 0.29) is 12.5 Å². The number of carbonyl (C=O) groups is 2. The fourth-order valence-electron chi connectivity index (χ4n) is 2.19. The Bertz CT molecular complexity index is 847. The summed E-state index contributed by atoms with van der Waals surface area (Å²) in [4.78, 5) is 27.9. The average molecular weight is 332 g/mol. The Morgan fingerprint density at radius 1 is 0.880 bits per heavy atom. The van der Waals surface area contributed by atoms with E-state index in [4.69, 9.17) is 4.74 Å². The van der Waals surface area contributed by atoms with Gasteiger partial charge in [-0.15, -0.1) is 0 Å². The van der Waals surface area contributed by atoms with Crippen molar-refractivity contribution in [3.8, 4) is 0 Å². The van der Waals surface area contributed by atoms with Gasteiger partial charge in [0, 0.05) is 23.6 Å². The van der Waals surface area contributed by atoms with Crippen molar-refractivity contribution in [2.24, 2.45) is 0 Å². The minimum absolute atomic E-state index is 0.133. The molecule has 124 valence electrons. The number of nitrogens with one attached hydrogen (secondary N) is 1. The van der Waals surface area contributed by atoms with Crippen LogP contribution in [-0.4, -0.2) is 16.9 Å². The van der Waals surface area contributed by atoms with Crippen molar-refractivity contribution >= 4 is 17.6 Å². The van der Waals surface area contributed by atoms with E-state index in [1.165, 1.54) is 6.20 Å². The van der Waals surface area contributed by atoms with E-state index in [1.54, 1.807) is 42.6 Å². The molecule has 0 aliphatic carbocycles. The number of ether oxygens (including phenoxy) is 1. The molecule has 1 amide bonds. The molecule has 0 radical (unpaired) electrons. The molecular formula is C20H16N2O3. The van der Waals surface area contributed by atoms with Gasteiger partial charge in [0.15, 0.2) is 0 Å². The van der Waals surface area contributed by atoms with Crippen molar-refractivity contribution in [2.75, 3.05) is 5.32 Å². The third kappa shape index (κ3) is 4.51. The van der Waals surface area contributed by atoms with E-state index >= 15 is 0 Å². The molecule has 1 N–H and O–H groups in total. The van der Waals surface area contributed by atoms with Gasteiger partial charge in [0.25, 0.3) is 5.91 Å². The number of benzene rings is 2. The van der Waals surface area contributed by atoms with Crippen LogP contribution in [0.4, 0.5) is 5.69 Å². The van der Waals surface area contributed by atoms with Crippen molar-refractivity contribution in [1.29, 1.82) is 0 Å². The fourth-order valence-corrected chi connectivity index (χ4v) is 2.19. The highest BCUT2D eigenvalue weighted by Gasteiger charge is 2.08. The van der Waals surface area contributed by atoms with Crippen LogP contribution in [0.1, 0.15) is 26.3 Å². The number of esters is 1. The number of aromatic nitrogens is 1. The van der Waals surface area contributed by atoms with E-state index in [2.05, 4.69) is 10.3 Å². The van der Waals surface area contributed by atoms with Crippen molar-refractivity contribution in [3.05, 3.63) is 95.8 Å². The topological polar surface area (TPSA) is 68.3 Å². The van der Waals surface area contributed by atoms with Crippen LogP contribution in [0.5, 0.6) is 0 Å². The summed E-state index contributed by atoms with van der Waals surface area (Å²) in [6.45, 7) is 0.133. The molecule has 0 atom stereocenters. The average Bonchev–Trinajstić information content (AvgIpc) is 2.68. The molecular weight excluding hydrogens is 316 g/mol. The van der Waals surface area contributed by atoms with Gasteiger partial charge in [0.1, 0.15) is 6.61 Å². The monoisotopic (exact) mass is 332 g/mol. The van der Waals surface area contributed by atoms with E-state index < -0.39 is 5.97 Å². The molecule has 0 saturated carbocycles. The van der Waals surface area contributed by atoms with E-state index in [9.17, 15) is 9.59 Å². The van der Waals surface area contributed by atoms with Gasteiger partial charge < -0.3 is 10.1 Å². The second-order valence-electron chi connectivity index (χ2n) is 5.33. The van der Waals surface area contributed by atoms with Gasteiger partial charge in [-0.1, -0.05) is 30.3 Å². The van der Waals surface area contributed by atoms with Gasteiger partial charge in [-0.05, 0) is 42.0 Å². The number of rotatable bonds is 5. The van der Waals surface area contributed by atoms with Crippen molar-refractivity contribution < 1.29 is 14.3 Å². The van der Waals surface area contributed by atoms with Crippen LogP contribution < -0.4 is 5.32 Å². The highest BCUT2D eigenvalue weighted by atomic mass is 16.5. The standard InChI is InChI=1S/C20H16N2O3/c23-19(22-18-6-2-1-3-7-18)16-10-8-15(9-11-16)14-25-20(24)17-5-4-12-21-13-17/h1-13H,14H2,(H,22,23). The van der Waals surface area contributed by atoms with Gasteiger partial charge in [0.2, 0.25) is 0 Å². The van der Waals surface area contributed by atoms with Gasteiger partial charge in [-0.3, -0.25) is 9.78 Å². The van der Waals surface area contributed by atoms with Gasteiger partial charge in [-0.25, -0.2) is 4.79 Å².